The molecule has 5 heteroatoms. The van der Waals surface area contributed by atoms with Crippen LogP contribution in [-0.4, -0.2) is 11.5 Å². The van der Waals surface area contributed by atoms with E-state index in [0.29, 0.717) is 5.69 Å². The van der Waals surface area contributed by atoms with Gasteiger partial charge in [-0.1, -0.05) is 6.92 Å². The molecule has 0 aliphatic heterocycles. The highest BCUT2D eigenvalue weighted by Gasteiger charge is 1.93. The Labute approximate surface area is 90.9 Å². The zero-order chi connectivity index (χ0) is 8.10. The van der Waals surface area contributed by atoms with Crippen LogP contribution in [0.2, 0.25) is 0 Å². The molecule has 1 rings (SSSR count). The fraction of sp³-hybridized carbons (Fsp3) is 0.375. The molecule has 0 unspecified atom stereocenters. The summed E-state index contributed by atoms with van der Waals surface area (Å²) in [5.74, 6) is 0. The van der Waals surface area contributed by atoms with Gasteiger partial charge >= 0.3 is 0 Å². The second-order valence-electron chi connectivity index (χ2n) is 2.39. The number of nitrogens with two attached hydrogens (primary N) is 1. The summed E-state index contributed by atoms with van der Waals surface area (Å²) in [6.07, 6.45) is 4.48. The van der Waals surface area contributed by atoms with Crippen LogP contribution in [0.15, 0.2) is 18.5 Å². The van der Waals surface area contributed by atoms with Gasteiger partial charge in [-0.2, -0.15) is 0 Å². The average molecular weight is 224 g/mol. The second-order valence-corrected chi connectivity index (χ2v) is 2.39. The molecule has 1 aromatic heterocycles. The van der Waals surface area contributed by atoms with E-state index in [-0.39, 0.29) is 24.8 Å². The Morgan fingerprint density at radius 3 is 2.69 bits per heavy atom. The van der Waals surface area contributed by atoms with Gasteiger partial charge in [-0.25, -0.2) is 0 Å². The molecule has 3 nitrogen and oxygen atoms in total. The number of aromatic nitrogens is 1. The number of nitrogens with one attached hydrogen (secondary N) is 1. The minimum atomic E-state index is 0. The van der Waals surface area contributed by atoms with Crippen LogP contribution in [0.25, 0.3) is 0 Å². The predicted molar refractivity (Wildman–Crippen MR) is 61.9 cm³/mol. The number of halogens is 2. The van der Waals surface area contributed by atoms with Crippen molar-refractivity contribution in [1.82, 2.24) is 4.98 Å². The fourth-order valence-corrected chi connectivity index (χ4v) is 0.827. The highest BCUT2D eigenvalue weighted by molar-refractivity contribution is 5.85. The van der Waals surface area contributed by atoms with Gasteiger partial charge in [-0.05, 0) is 12.5 Å². The quantitative estimate of drug-likeness (QED) is 0.828. The third kappa shape index (κ3) is 4.80. The molecule has 0 aliphatic rings. The van der Waals surface area contributed by atoms with Gasteiger partial charge in [0.25, 0.3) is 0 Å². The molecule has 0 amide bonds. The molecule has 0 aromatic carbocycles. The van der Waals surface area contributed by atoms with Crippen LogP contribution in [-0.2, 0) is 0 Å². The van der Waals surface area contributed by atoms with Crippen molar-refractivity contribution in [3.8, 4) is 0 Å². The number of nitrogens with zero attached hydrogens (tertiary/aromatic N) is 1. The number of anilines is 2. The molecular formula is C8H15Cl2N3. The van der Waals surface area contributed by atoms with Gasteiger partial charge in [0.05, 0.1) is 17.6 Å². The van der Waals surface area contributed by atoms with Crippen LogP contribution in [0.4, 0.5) is 11.4 Å². The lowest BCUT2D eigenvalue weighted by molar-refractivity contribution is 0.979. The first-order valence-electron chi connectivity index (χ1n) is 3.78. The summed E-state index contributed by atoms with van der Waals surface area (Å²) in [5.41, 5.74) is 7.32. The summed E-state index contributed by atoms with van der Waals surface area (Å²) >= 11 is 0. The summed E-state index contributed by atoms with van der Waals surface area (Å²) in [6, 6.07) is 1.88. The molecular weight excluding hydrogens is 209 g/mol. The van der Waals surface area contributed by atoms with Crippen LogP contribution in [0, 0.1) is 0 Å². The van der Waals surface area contributed by atoms with Crippen molar-refractivity contribution < 1.29 is 0 Å². The monoisotopic (exact) mass is 223 g/mol. The molecule has 0 saturated carbocycles. The van der Waals surface area contributed by atoms with Crippen LogP contribution in [0.5, 0.6) is 0 Å². The first-order chi connectivity index (χ1) is 5.34. The van der Waals surface area contributed by atoms with E-state index in [0.717, 1.165) is 18.7 Å². The SMILES string of the molecule is CCCNc1ccncc1N.Cl.Cl. The van der Waals surface area contributed by atoms with E-state index in [1.165, 1.54) is 0 Å². The van der Waals surface area contributed by atoms with Crippen molar-refractivity contribution in [2.24, 2.45) is 0 Å². The summed E-state index contributed by atoms with van der Waals surface area (Å²) in [4.78, 5) is 3.89. The molecule has 0 spiro atoms. The number of nitrogen functional groups attached to an aromatic ring is 1. The van der Waals surface area contributed by atoms with Crippen LogP contribution in [0.1, 0.15) is 13.3 Å². The van der Waals surface area contributed by atoms with E-state index < -0.39 is 0 Å². The Kier molecular flexibility index (Phi) is 9.07. The van der Waals surface area contributed by atoms with Gasteiger partial charge in [0.2, 0.25) is 0 Å². The van der Waals surface area contributed by atoms with Crippen molar-refractivity contribution in [3.05, 3.63) is 18.5 Å². The Hall–Kier alpha value is -0.670. The molecule has 0 atom stereocenters. The topological polar surface area (TPSA) is 50.9 Å². The Bertz CT molecular complexity index is 230. The average Bonchev–Trinajstić information content (AvgIpc) is 2.03. The number of pyridine rings is 1. The molecule has 1 heterocycles. The van der Waals surface area contributed by atoms with E-state index >= 15 is 0 Å². The van der Waals surface area contributed by atoms with Crippen molar-refractivity contribution in [2.45, 2.75) is 13.3 Å². The highest BCUT2D eigenvalue weighted by atomic mass is 35.5. The maximum atomic E-state index is 5.64. The Balaban J connectivity index is 0. The zero-order valence-corrected chi connectivity index (χ0v) is 9.12. The van der Waals surface area contributed by atoms with Crippen LogP contribution >= 0.6 is 24.8 Å². The smallest absolute Gasteiger partial charge is 0.0736 e. The molecule has 1 aromatic rings. The second kappa shape index (κ2) is 7.95. The number of rotatable bonds is 3. The molecule has 0 aliphatic carbocycles. The largest absolute Gasteiger partial charge is 0.396 e. The molecule has 76 valence electrons. The number of hydrogen-bond donors (Lipinski definition) is 2. The summed E-state index contributed by atoms with van der Waals surface area (Å²) in [6.45, 7) is 3.07. The normalized spacial score (nSPS) is 8.08. The van der Waals surface area contributed by atoms with Crippen molar-refractivity contribution >= 4 is 36.2 Å². The van der Waals surface area contributed by atoms with E-state index in [4.69, 9.17) is 5.73 Å². The first-order valence-corrected chi connectivity index (χ1v) is 3.78. The third-order valence-electron chi connectivity index (χ3n) is 1.42. The van der Waals surface area contributed by atoms with E-state index in [9.17, 15) is 0 Å². The minimum Gasteiger partial charge on any atom is -0.396 e. The van der Waals surface area contributed by atoms with Crippen LogP contribution < -0.4 is 11.1 Å². The minimum absolute atomic E-state index is 0. The van der Waals surface area contributed by atoms with Crippen LogP contribution in [0.3, 0.4) is 0 Å². The van der Waals surface area contributed by atoms with E-state index in [1.54, 1.807) is 12.4 Å². The lowest BCUT2D eigenvalue weighted by atomic mass is 10.3. The summed E-state index contributed by atoms with van der Waals surface area (Å²) in [5, 5.41) is 3.20. The molecule has 0 bridgehead atoms. The lowest BCUT2D eigenvalue weighted by Crippen LogP contribution is -2.02. The first kappa shape index (κ1) is 14.8. The van der Waals surface area contributed by atoms with Gasteiger partial charge < -0.3 is 11.1 Å². The van der Waals surface area contributed by atoms with Gasteiger partial charge in [0.15, 0.2) is 0 Å². The standard InChI is InChI=1S/C8H13N3.2ClH/c1-2-4-11-8-3-5-10-6-7(8)9;;/h3,5-6H,2,4,9H2,1H3,(H,10,11);2*1H. The molecule has 0 radical (unpaired) electrons. The summed E-state index contributed by atoms with van der Waals surface area (Å²) < 4.78 is 0. The van der Waals surface area contributed by atoms with Gasteiger partial charge in [-0.15, -0.1) is 24.8 Å². The molecule has 0 fully saturated rings. The highest BCUT2D eigenvalue weighted by Crippen LogP contribution is 2.14. The van der Waals surface area contributed by atoms with E-state index in [2.05, 4.69) is 17.2 Å². The molecule has 0 saturated heterocycles. The van der Waals surface area contributed by atoms with Crippen molar-refractivity contribution in [3.63, 3.8) is 0 Å². The Morgan fingerprint density at radius 2 is 2.15 bits per heavy atom. The van der Waals surface area contributed by atoms with Gasteiger partial charge in [-0.3, -0.25) is 4.98 Å². The lowest BCUT2D eigenvalue weighted by Gasteiger charge is -2.05. The van der Waals surface area contributed by atoms with E-state index in [1.807, 2.05) is 6.07 Å². The van der Waals surface area contributed by atoms with Gasteiger partial charge in [0, 0.05) is 12.7 Å². The van der Waals surface area contributed by atoms with Gasteiger partial charge in [0.1, 0.15) is 0 Å². The molecule has 13 heavy (non-hydrogen) atoms. The maximum absolute atomic E-state index is 5.64. The van der Waals surface area contributed by atoms with Crippen molar-refractivity contribution in [1.29, 1.82) is 0 Å². The fourth-order valence-electron chi connectivity index (χ4n) is 0.827. The Morgan fingerprint density at radius 1 is 1.46 bits per heavy atom. The summed E-state index contributed by atoms with van der Waals surface area (Å²) in [7, 11) is 0. The molecule has 3 N–H and O–H groups in total. The predicted octanol–water partition coefficient (Wildman–Crippen LogP) is 2.33. The maximum Gasteiger partial charge on any atom is 0.0736 e. The number of hydrogen-bond acceptors (Lipinski definition) is 3. The zero-order valence-electron chi connectivity index (χ0n) is 7.49. The van der Waals surface area contributed by atoms with Crippen molar-refractivity contribution in [2.75, 3.05) is 17.6 Å². The third-order valence-corrected chi connectivity index (χ3v) is 1.42.